The van der Waals surface area contributed by atoms with Gasteiger partial charge in [-0.1, -0.05) is 48.9 Å². The van der Waals surface area contributed by atoms with Gasteiger partial charge < -0.3 is 9.64 Å². The van der Waals surface area contributed by atoms with E-state index in [1.165, 1.54) is 45.3 Å². The van der Waals surface area contributed by atoms with Crippen LogP contribution in [-0.2, 0) is 0 Å². The highest BCUT2D eigenvalue weighted by Gasteiger charge is 2.09. The van der Waals surface area contributed by atoms with Crippen LogP contribution in [0.25, 0.3) is 11.3 Å². The molecule has 0 atom stereocenters. The van der Waals surface area contributed by atoms with Crippen LogP contribution in [0, 0.1) is 0 Å². The SMILES string of the molecule is C(=NNc1nc(-c2ccccc2)cs1)c1cccc(OCCCCN2CCCCC2)c1. The normalized spacial score (nSPS) is 14.7. The van der Waals surface area contributed by atoms with Gasteiger partial charge in [0.1, 0.15) is 5.75 Å². The Labute approximate surface area is 188 Å². The molecule has 0 bridgehead atoms. The summed E-state index contributed by atoms with van der Waals surface area (Å²) in [6, 6.07) is 18.2. The van der Waals surface area contributed by atoms with Crippen molar-refractivity contribution in [1.82, 2.24) is 9.88 Å². The number of anilines is 1. The topological polar surface area (TPSA) is 49.8 Å². The fourth-order valence-corrected chi connectivity index (χ4v) is 4.39. The number of hydrogen-bond donors (Lipinski definition) is 1. The van der Waals surface area contributed by atoms with Crippen molar-refractivity contribution < 1.29 is 4.74 Å². The van der Waals surface area contributed by atoms with Crippen molar-refractivity contribution in [2.45, 2.75) is 32.1 Å². The summed E-state index contributed by atoms with van der Waals surface area (Å²) < 4.78 is 5.94. The summed E-state index contributed by atoms with van der Waals surface area (Å²) in [6.07, 6.45) is 8.20. The molecule has 0 unspecified atom stereocenters. The van der Waals surface area contributed by atoms with Gasteiger partial charge in [-0.3, -0.25) is 5.43 Å². The second-order valence-electron chi connectivity index (χ2n) is 7.80. The Morgan fingerprint density at radius 1 is 1.03 bits per heavy atom. The summed E-state index contributed by atoms with van der Waals surface area (Å²) in [4.78, 5) is 7.17. The van der Waals surface area contributed by atoms with Crippen molar-refractivity contribution in [2.75, 3.05) is 31.7 Å². The van der Waals surface area contributed by atoms with Crippen molar-refractivity contribution in [2.24, 2.45) is 5.10 Å². The van der Waals surface area contributed by atoms with Crippen LogP contribution < -0.4 is 10.2 Å². The van der Waals surface area contributed by atoms with Gasteiger partial charge in [-0.05, 0) is 63.0 Å². The van der Waals surface area contributed by atoms with Crippen LogP contribution in [0.3, 0.4) is 0 Å². The summed E-state index contributed by atoms with van der Waals surface area (Å²) in [6.45, 7) is 4.49. The smallest absolute Gasteiger partial charge is 0.203 e. The lowest BCUT2D eigenvalue weighted by molar-refractivity contribution is 0.216. The summed E-state index contributed by atoms with van der Waals surface area (Å²) in [5.74, 6) is 0.891. The average Bonchev–Trinajstić information content (AvgIpc) is 3.29. The standard InChI is InChI=1S/C25H30N4OS/c1-3-11-22(12-4-1)24-20-31-25(27-24)28-26-19-21-10-9-13-23(18-21)30-17-8-7-16-29-14-5-2-6-15-29/h1,3-4,9-13,18-20H,2,5-8,14-17H2,(H,27,28). The Morgan fingerprint density at radius 2 is 1.90 bits per heavy atom. The van der Waals surface area contributed by atoms with Gasteiger partial charge in [-0.25, -0.2) is 4.98 Å². The van der Waals surface area contributed by atoms with E-state index in [9.17, 15) is 0 Å². The van der Waals surface area contributed by atoms with E-state index in [2.05, 4.69) is 32.5 Å². The zero-order chi connectivity index (χ0) is 21.1. The molecule has 6 heteroatoms. The first kappa shape index (κ1) is 21.5. The van der Waals surface area contributed by atoms with E-state index in [0.29, 0.717) is 0 Å². The van der Waals surface area contributed by atoms with Gasteiger partial charge in [-0.15, -0.1) is 11.3 Å². The number of unbranched alkanes of at least 4 members (excludes halogenated alkanes) is 1. The molecule has 31 heavy (non-hydrogen) atoms. The molecule has 2 aromatic carbocycles. The summed E-state index contributed by atoms with van der Waals surface area (Å²) in [5, 5.41) is 7.14. The molecule has 0 saturated carbocycles. The highest BCUT2D eigenvalue weighted by Crippen LogP contribution is 2.24. The highest BCUT2D eigenvalue weighted by molar-refractivity contribution is 7.14. The van der Waals surface area contributed by atoms with Gasteiger partial charge in [0.15, 0.2) is 0 Å². The first-order valence-electron chi connectivity index (χ1n) is 11.1. The second kappa shape index (κ2) is 11.6. The molecule has 1 N–H and O–H groups in total. The molecular weight excluding hydrogens is 404 g/mol. The van der Waals surface area contributed by atoms with Crippen LogP contribution in [0.4, 0.5) is 5.13 Å². The molecule has 1 aromatic heterocycles. The number of nitrogens with one attached hydrogen (secondary N) is 1. The Balaban J connectivity index is 1.20. The first-order valence-corrected chi connectivity index (χ1v) is 12.0. The van der Waals surface area contributed by atoms with Crippen molar-refractivity contribution in [3.05, 3.63) is 65.5 Å². The van der Waals surface area contributed by atoms with Crippen LogP contribution in [0.2, 0.25) is 0 Å². The largest absolute Gasteiger partial charge is 0.494 e. The molecule has 0 radical (unpaired) electrons. The number of hydrazone groups is 1. The first-order chi connectivity index (χ1) is 15.4. The van der Waals surface area contributed by atoms with Gasteiger partial charge in [0, 0.05) is 10.9 Å². The van der Waals surface area contributed by atoms with Crippen molar-refractivity contribution >= 4 is 22.7 Å². The molecule has 162 valence electrons. The lowest BCUT2D eigenvalue weighted by atomic mass is 10.1. The maximum absolute atomic E-state index is 5.94. The van der Waals surface area contributed by atoms with Crippen molar-refractivity contribution in [3.63, 3.8) is 0 Å². The zero-order valence-electron chi connectivity index (χ0n) is 17.9. The van der Waals surface area contributed by atoms with Gasteiger partial charge in [0.05, 0.1) is 18.5 Å². The molecule has 3 aromatic rings. The van der Waals surface area contributed by atoms with Crippen molar-refractivity contribution in [3.8, 4) is 17.0 Å². The monoisotopic (exact) mass is 434 g/mol. The summed E-state index contributed by atoms with van der Waals surface area (Å²) >= 11 is 1.54. The number of aromatic nitrogens is 1. The molecule has 1 saturated heterocycles. The predicted molar refractivity (Wildman–Crippen MR) is 130 cm³/mol. The fourth-order valence-electron chi connectivity index (χ4n) is 3.72. The van der Waals surface area contributed by atoms with E-state index >= 15 is 0 Å². The summed E-state index contributed by atoms with van der Waals surface area (Å²) in [5.41, 5.74) is 6.09. The van der Waals surface area contributed by atoms with Crippen LogP contribution in [0.15, 0.2) is 65.1 Å². The van der Waals surface area contributed by atoms with Crippen molar-refractivity contribution in [1.29, 1.82) is 0 Å². The lowest BCUT2D eigenvalue weighted by Gasteiger charge is -2.26. The molecule has 1 aliphatic heterocycles. The maximum atomic E-state index is 5.94. The van der Waals surface area contributed by atoms with Crippen LogP contribution in [-0.4, -0.2) is 42.3 Å². The van der Waals surface area contributed by atoms with Crippen LogP contribution >= 0.6 is 11.3 Å². The molecule has 0 amide bonds. The number of piperidine rings is 1. The third-order valence-electron chi connectivity index (χ3n) is 5.39. The Morgan fingerprint density at radius 3 is 2.77 bits per heavy atom. The molecule has 1 fully saturated rings. The van der Waals surface area contributed by atoms with Gasteiger partial charge in [0.25, 0.3) is 0 Å². The third kappa shape index (κ3) is 6.91. The van der Waals surface area contributed by atoms with E-state index in [1.807, 2.05) is 47.8 Å². The fraction of sp³-hybridized carbons (Fsp3) is 0.360. The Bertz CT molecular complexity index is 951. The average molecular weight is 435 g/mol. The number of rotatable bonds is 10. The number of hydrogen-bond acceptors (Lipinski definition) is 6. The number of ether oxygens (including phenoxy) is 1. The van der Waals surface area contributed by atoms with Gasteiger partial charge in [0.2, 0.25) is 5.13 Å². The minimum atomic E-state index is 0.758. The minimum absolute atomic E-state index is 0.758. The third-order valence-corrected chi connectivity index (χ3v) is 6.14. The molecule has 4 rings (SSSR count). The zero-order valence-corrected chi connectivity index (χ0v) is 18.7. The summed E-state index contributed by atoms with van der Waals surface area (Å²) in [7, 11) is 0. The number of nitrogens with zero attached hydrogens (tertiary/aromatic N) is 3. The molecular formula is C25H30N4OS. The number of thiazole rings is 1. The molecule has 0 aliphatic carbocycles. The van der Waals surface area contributed by atoms with Crippen LogP contribution in [0.1, 0.15) is 37.7 Å². The van der Waals surface area contributed by atoms with E-state index in [0.717, 1.165) is 40.7 Å². The van der Waals surface area contributed by atoms with Gasteiger partial charge >= 0.3 is 0 Å². The Hall–Kier alpha value is -2.70. The van der Waals surface area contributed by atoms with E-state index in [-0.39, 0.29) is 0 Å². The predicted octanol–water partition coefficient (Wildman–Crippen LogP) is 5.90. The molecule has 2 heterocycles. The Kier molecular flexibility index (Phi) is 8.07. The number of benzene rings is 2. The lowest BCUT2D eigenvalue weighted by Crippen LogP contribution is -2.30. The van der Waals surface area contributed by atoms with E-state index in [4.69, 9.17) is 4.74 Å². The van der Waals surface area contributed by atoms with Gasteiger partial charge in [-0.2, -0.15) is 5.10 Å². The number of likely N-dealkylation sites (tertiary alicyclic amines) is 1. The minimum Gasteiger partial charge on any atom is -0.494 e. The van der Waals surface area contributed by atoms with Crippen LogP contribution in [0.5, 0.6) is 5.75 Å². The van der Waals surface area contributed by atoms with E-state index < -0.39 is 0 Å². The second-order valence-corrected chi connectivity index (χ2v) is 8.66. The maximum Gasteiger partial charge on any atom is 0.203 e. The highest BCUT2D eigenvalue weighted by atomic mass is 32.1. The quantitative estimate of drug-likeness (QED) is 0.245. The molecule has 5 nitrogen and oxygen atoms in total. The molecule has 1 aliphatic rings. The van der Waals surface area contributed by atoms with E-state index in [1.54, 1.807) is 17.6 Å². The molecule has 0 spiro atoms.